The monoisotopic (exact) mass is 200 g/mol. The molecule has 0 unspecified atom stereocenters. The Kier molecular flexibility index (Phi) is 31.9. The number of hydrogen-bond acceptors (Lipinski definition) is 1. The average molecular weight is 200 g/mol. The Labute approximate surface area is 88.8 Å². The smallest absolute Gasteiger partial charge is 0.0112 e. The van der Waals surface area contributed by atoms with E-state index in [1.807, 2.05) is 39.2 Å². The molecule has 0 saturated heterocycles. The lowest BCUT2D eigenvalue weighted by Crippen LogP contribution is -1.66. The Bertz CT molecular complexity index is 123. The topological polar surface area (TPSA) is 0 Å². The molecule has 0 heterocycles. The zero-order chi connectivity index (χ0) is 11.1. The minimum Gasteiger partial charge on any atom is -0.103 e. The van der Waals surface area contributed by atoms with E-state index in [1.165, 1.54) is 4.91 Å². The Balaban J connectivity index is -0.000000218. The van der Waals surface area contributed by atoms with Crippen molar-refractivity contribution in [3.63, 3.8) is 0 Å². The van der Waals surface area contributed by atoms with E-state index in [4.69, 9.17) is 0 Å². The number of hydrogen-bond donors (Lipinski definition) is 0. The van der Waals surface area contributed by atoms with Crippen LogP contribution in [0.3, 0.4) is 0 Å². The molecule has 0 fully saturated rings. The molecule has 0 rings (SSSR count). The molecule has 0 aromatic heterocycles. The zero-order valence-electron chi connectivity index (χ0n) is 9.76. The largest absolute Gasteiger partial charge is 0.103 e. The highest BCUT2D eigenvalue weighted by Crippen LogP contribution is 2.18. The third-order valence-corrected chi connectivity index (χ3v) is 1.78. The van der Waals surface area contributed by atoms with E-state index >= 15 is 0 Å². The molecule has 0 aliphatic carbocycles. The molecule has 0 saturated carbocycles. The Morgan fingerprint density at radius 3 is 1.85 bits per heavy atom. The predicted molar refractivity (Wildman–Crippen MR) is 69.1 cm³/mol. The van der Waals surface area contributed by atoms with E-state index in [2.05, 4.69) is 20.1 Å². The van der Waals surface area contributed by atoms with Crippen LogP contribution < -0.4 is 0 Å². The molecule has 13 heavy (non-hydrogen) atoms. The highest BCUT2D eigenvalue weighted by Gasteiger charge is 1.86. The van der Waals surface area contributed by atoms with Gasteiger partial charge in [0.25, 0.3) is 0 Å². The summed E-state index contributed by atoms with van der Waals surface area (Å²) in [5.41, 5.74) is 0. The van der Waals surface area contributed by atoms with E-state index in [-0.39, 0.29) is 0 Å². The molecule has 0 amide bonds. The SMILES string of the molecule is C=C/C=C(/CC)SC=C.CC.CC. The van der Waals surface area contributed by atoms with Gasteiger partial charge in [0.15, 0.2) is 0 Å². The van der Waals surface area contributed by atoms with E-state index in [0.717, 1.165) is 6.42 Å². The van der Waals surface area contributed by atoms with Gasteiger partial charge in [-0.15, -0.1) is 11.8 Å². The molecule has 0 spiro atoms. The molecule has 0 aromatic rings. The van der Waals surface area contributed by atoms with Crippen LogP contribution in [0.15, 0.2) is 35.6 Å². The summed E-state index contributed by atoms with van der Waals surface area (Å²) in [6.07, 6.45) is 4.87. The molecular formula is C12H24S. The molecule has 0 radical (unpaired) electrons. The van der Waals surface area contributed by atoms with Crippen LogP contribution in [0.25, 0.3) is 0 Å². The number of allylic oxidation sites excluding steroid dienone is 3. The summed E-state index contributed by atoms with van der Waals surface area (Å²) in [5, 5.41) is 1.83. The van der Waals surface area contributed by atoms with Crippen molar-refractivity contribution in [3.05, 3.63) is 35.6 Å². The average Bonchev–Trinajstić information content (AvgIpc) is 2.23. The molecule has 78 valence electrons. The summed E-state index contributed by atoms with van der Waals surface area (Å²) in [4.78, 5) is 1.31. The standard InChI is InChI=1S/C8H12S.2C2H6/c1-4-7-8(5-2)9-6-3;2*1-2/h4,6-7H,1,3,5H2,2H3;2*1-2H3/b8-7-;;. The summed E-state index contributed by atoms with van der Waals surface area (Å²) in [6.45, 7) is 17.3. The van der Waals surface area contributed by atoms with Crippen molar-refractivity contribution < 1.29 is 0 Å². The molecular weight excluding hydrogens is 176 g/mol. The predicted octanol–water partition coefficient (Wildman–Crippen LogP) is 5.40. The fraction of sp³-hybridized carbons (Fsp3) is 0.500. The quantitative estimate of drug-likeness (QED) is 0.548. The van der Waals surface area contributed by atoms with Crippen molar-refractivity contribution >= 4 is 11.8 Å². The van der Waals surface area contributed by atoms with Crippen molar-refractivity contribution in [2.75, 3.05) is 0 Å². The van der Waals surface area contributed by atoms with Crippen LogP contribution in [0.1, 0.15) is 41.0 Å². The molecule has 1 heteroatoms. The first-order chi connectivity index (χ1) is 6.35. The van der Waals surface area contributed by atoms with Gasteiger partial charge in [0.2, 0.25) is 0 Å². The maximum Gasteiger partial charge on any atom is -0.0112 e. The summed E-state index contributed by atoms with van der Waals surface area (Å²) < 4.78 is 0. The van der Waals surface area contributed by atoms with E-state index in [9.17, 15) is 0 Å². The second-order valence-electron chi connectivity index (χ2n) is 1.51. The minimum absolute atomic E-state index is 1.06. The van der Waals surface area contributed by atoms with Crippen molar-refractivity contribution in [1.29, 1.82) is 0 Å². The van der Waals surface area contributed by atoms with Gasteiger partial charge in [0.05, 0.1) is 0 Å². The summed E-state index contributed by atoms with van der Waals surface area (Å²) >= 11 is 1.65. The lowest BCUT2D eigenvalue weighted by molar-refractivity contribution is 1.20. The van der Waals surface area contributed by atoms with Gasteiger partial charge >= 0.3 is 0 Å². The fourth-order valence-electron chi connectivity index (χ4n) is 0.479. The zero-order valence-corrected chi connectivity index (χ0v) is 10.6. The lowest BCUT2D eigenvalue weighted by atomic mass is 10.4. The van der Waals surface area contributed by atoms with Crippen molar-refractivity contribution in [2.24, 2.45) is 0 Å². The van der Waals surface area contributed by atoms with Gasteiger partial charge in [-0.1, -0.05) is 59.9 Å². The van der Waals surface area contributed by atoms with Gasteiger partial charge in [0, 0.05) is 0 Å². The van der Waals surface area contributed by atoms with Gasteiger partial charge in [-0.05, 0) is 16.7 Å². The Morgan fingerprint density at radius 2 is 1.62 bits per heavy atom. The Morgan fingerprint density at radius 1 is 1.15 bits per heavy atom. The third kappa shape index (κ3) is 18.5. The van der Waals surface area contributed by atoms with Gasteiger partial charge in [-0.2, -0.15) is 0 Å². The fourth-order valence-corrected chi connectivity index (χ4v) is 1.03. The van der Waals surface area contributed by atoms with E-state index in [0.29, 0.717) is 0 Å². The molecule has 0 bridgehead atoms. The second kappa shape index (κ2) is 22.6. The van der Waals surface area contributed by atoms with E-state index < -0.39 is 0 Å². The highest BCUT2D eigenvalue weighted by atomic mass is 32.2. The molecule has 0 nitrogen and oxygen atoms in total. The first kappa shape index (κ1) is 18.4. The maximum atomic E-state index is 3.62. The van der Waals surface area contributed by atoms with Crippen LogP contribution in [0.2, 0.25) is 0 Å². The normalized spacial score (nSPS) is 8.54. The van der Waals surface area contributed by atoms with Crippen LogP contribution >= 0.6 is 11.8 Å². The van der Waals surface area contributed by atoms with Gasteiger partial charge in [0.1, 0.15) is 0 Å². The van der Waals surface area contributed by atoms with Crippen molar-refractivity contribution in [3.8, 4) is 0 Å². The summed E-state index contributed by atoms with van der Waals surface area (Å²) in [6, 6.07) is 0. The van der Waals surface area contributed by atoms with Crippen LogP contribution in [0.5, 0.6) is 0 Å². The molecule has 0 N–H and O–H groups in total. The molecule has 0 atom stereocenters. The highest BCUT2D eigenvalue weighted by molar-refractivity contribution is 8.05. The van der Waals surface area contributed by atoms with Gasteiger partial charge in [-0.25, -0.2) is 0 Å². The molecule has 0 aromatic carbocycles. The second-order valence-corrected chi connectivity index (χ2v) is 2.60. The molecule has 0 aliphatic heterocycles. The minimum atomic E-state index is 1.06. The van der Waals surface area contributed by atoms with Gasteiger partial charge < -0.3 is 0 Å². The molecule has 0 aliphatic rings. The Hall–Kier alpha value is -0.430. The van der Waals surface area contributed by atoms with Crippen molar-refractivity contribution in [1.82, 2.24) is 0 Å². The number of rotatable bonds is 4. The van der Waals surface area contributed by atoms with Crippen molar-refractivity contribution in [2.45, 2.75) is 41.0 Å². The maximum absolute atomic E-state index is 3.62. The van der Waals surface area contributed by atoms with Crippen LogP contribution in [0.4, 0.5) is 0 Å². The van der Waals surface area contributed by atoms with Gasteiger partial charge in [-0.3, -0.25) is 0 Å². The lowest BCUT2D eigenvalue weighted by Gasteiger charge is -1.94. The number of thioether (sulfide) groups is 1. The van der Waals surface area contributed by atoms with E-state index in [1.54, 1.807) is 17.8 Å². The van der Waals surface area contributed by atoms with Crippen LogP contribution in [-0.4, -0.2) is 0 Å². The summed E-state index contributed by atoms with van der Waals surface area (Å²) in [5.74, 6) is 0. The van der Waals surface area contributed by atoms with Crippen LogP contribution in [-0.2, 0) is 0 Å². The first-order valence-corrected chi connectivity index (χ1v) is 5.82. The summed E-state index contributed by atoms with van der Waals surface area (Å²) in [7, 11) is 0. The third-order valence-electron chi connectivity index (χ3n) is 0.887. The first-order valence-electron chi connectivity index (χ1n) is 4.94. The van der Waals surface area contributed by atoms with Crippen LogP contribution in [0, 0.1) is 0 Å².